The molecule has 0 aliphatic heterocycles. The molecule has 1 heterocycles. The van der Waals surface area contributed by atoms with Crippen LogP contribution in [0.2, 0.25) is 0 Å². The van der Waals surface area contributed by atoms with E-state index >= 15 is 0 Å². The van der Waals surface area contributed by atoms with Crippen LogP contribution in [0.25, 0.3) is 33.4 Å². The van der Waals surface area contributed by atoms with Crippen LogP contribution in [0.15, 0.2) is 71.1 Å². The SMILES string of the molecule is Cc1cc(C)c(-c2oc(-c3ccccc3)c3ccccc23)c(C)c1. The molecular formula is C23H20O. The van der Waals surface area contributed by atoms with E-state index in [-0.39, 0.29) is 0 Å². The van der Waals surface area contributed by atoms with Crippen LogP contribution in [-0.4, -0.2) is 0 Å². The standard InChI is InChI=1S/C23H20O/c1-15-13-16(2)21(17(3)14-15)23-20-12-8-7-11-19(20)22(24-23)18-9-5-4-6-10-18/h4-14H,1-3H3. The molecule has 0 aliphatic carbocycles. The van der Waals surface area contributed by atoms with Gasteiger partial charge in [0.25, 0.3) is 0 Å². The maximum atomic E-state index is 6.44. The summed E-state index contributed by atoms with van der Waals surface area (Å²) >= 11 is 0. The molecule has 1 nitrogen and oxygen atoms in total. The Balaban J connectivity index is 2.05. The lowest BCUT2D eigenvalue weighted by atomic mass is 9.96. The van der Waals surface area contributed by atoms with Gasteiger partial charge >= 0.3 is 0 Å². The molecule has 118 valence electrons. The van der Waals surface area contributed by atoms with Gasteiger partial charge in [-0.25, -0.2) is 0 Å². The van der Waals surface area contributed by atoms with Gasteiger partial charge in [0.15, 0.2) is 0 Å². The highest BCUT2D eigenvalue weighted by Gasteiger charge is 2.18. The van der Waals surface area contributed by atoms with Crippen LogP contribution in [0, 0.1) is 20.8 Å². The van der Waals surface area contributed by atoms with E-state index in [9.17, 15) is 0 Å². The fourth-order valence-electron chi connectivity index (χ4n) is 3.62. The van der Waals surface area contributed by atoms with Crippen LogP contribution >= 0.6 is 0 Å². The molecule has 1 aromatic heterocycles. The highest BCUT2D eigenvalue weighted by molar-refractivity contribution is 6.03. The van der Waals surface area contributed by atoms with Crippen molar-refractivity contribution in [3.8, 4) is 22.6 Å². The van der Waals surface area contributed by atoms with Gasteiger partial charge in [-0.15, -0.1) is 0 Å². The first-order valence-electron chi connectivity index (χ1n) is 8.30. The number of benzene rings is 3. The van der Waals surface area contributed by atoms with Crippen molar-refractivity contribution in [2.24, 2.45) is 0 Å². The van der Waals surface area contributed by atoms with Crippen molar-refractivity contribution in [2.45, 2.75) is 20.8 Å². The number of fused-ring (bicyclic) bond motifs is 1. The first-order chi connectivity index (χ1) is 11.6. The van der Waals surface area contributed by atoms with Gasteiger partial charge in [-0.05, 0) is 31.9 Å². The molecule has 0 atom stereocenters. The van der Waals surface area contributed by atoms with Crippen molar-refractivity contribution >= 4 is 10.8 Å². The first-order valence-corrected chi connectivity index (χ1v) is 8.30. The second-order valence-corrected chi connectivity index (χ2v) is 6.45. The Morgan fingerprint density at radius 2 is 1.17 bits per heavy atom. The molecule has 0 spiro atoms. The largest absolute Gasteiger partial charge is 0.455 e. The predicted octanol–water partition coefficient (Wildman–Crippen LogP) is 6.69. The Hall–Kier alpha value is -2.80. The minimum Gasteiger partial charge on any atom is -0.455 e. The van der Waals surface area contributed by atoms with E-state index < -0.39 is 0 Å². The normalized spacial score (nSPS) is 11.1. The minimum atomic E-state index is 0.945. The molecule has 0 radical (unpaired) electrons. The van der Waals surface area contributed by atoms with Gasteiger partial charge in [-0.3, -0.25) is 0 Å². The second-order valence-electron chi connectivity index (χ2n) is 6.45. The summed E-state index contributed by atoms with van der Waals surface area (Å²) in [5.74, 6) is 1.92. The van der Waals surface area contributed by atoms with Gasteiger partial charge in [-0.1, -0.05) is 72.3 Å². The van der Waals surface area contributed by atoms with Crippen molar-refractivity contribution in [3.63, 3.8) is 0 Å². The van der Waals surface area contributed by atoms with Crippen LogP contribution in [0.4, 0.5) is 0 Å². The van der Waals surface area contributed by atoms with Crippen molar-refractivity contribution < 1.29 is 4.42 Å². The lowest BCUT2D eigenvalue weighted by Crippen LogP contribution is -1.89. The summed E-state index contributed by atoms with van der Waals surface area (Å²) in [5.41, 5.74) is 6.12. The van der Waals surface area contributed by atoms with Crippen LogP contribution in [0.5, 0.6) is 0 Å². The van der Waals surface area contributed by atoms with Crippen molar-refractivity contribution in [2.75, 3.05) is 0 Å². The van der Waals surface area contributed by atoms with E-state index in [0.29, 0.717) is 0 Å². The van der Waals surface area contributed by atoms with E-state index in [1.54, 1.807) is 0 Å². The molecule has 3 aromatic carbocycles. The Morgan fingerprint density at radius 1 is 0.625 bits per heavy atom. The monoisotopic (exact) mass is 312 g/mol. The number of hydrogen-bond donors (Lipinski definition) is 0. The summed E-state index contributed by atoms with van der Waals surface area (Å²) in [6, 6.07) is 23.2. The molecule has 0 amide bonds. The third-order valence-electron chi connectivity index (χ3n) is 4.56. The van der Waals surface area contributed by atoms with E-state index in [1.807, 2.05) is 6.07 Å². The lowest BCUT2D eigenvalue weighted by Gasteiger charge is -2.09. The third kappa shape index (κ3) is 2.33. The maximum Gasteiger partial charge on any atom is 0.143 e. The van der Waals surface area contributed by atoms with Gasteiger partial charge in [0.05, 0.1) is 0 Å². The molecule has 0 saturated heterocycles. The van der Waals surface area contributed by atoms with Crippen LogP contribution in [-0.2, 0) is 0 Å². The van der Waals surface area contributed by atoms with Crippen LogP contribution in [0.1, 0.15) is 16.7 Å². The number of hydrogen-bond acceptors (Lipinski definition) is 1. The second kappa shape index (κ2) is 5.68. The topological polar surface area (TPSA) is 13.1 Å². The molecule has 0 aliphatic rings. The first kappa shape index (κ1) is 14.8. The maximum absolute atomic E-state index is 6.44. The highest BCUT2D eigenvalue weighted by Crippen LogP contribution is 2.41. The third-order valence-corrected chi connectivity index (χ3v) is 4.56. The zero-order chi connectivity index (χ0) is 16.7. The molecule has 4 rings (SSSR count). The summed E-state index contributed by atoms with van der Waals surface area (Å²) in [5, 5.41) is 2.34. The fourth-order valence-corrected chi connectivity index (χ4v) is 3.62. The lowest BCUT2D eigenvalue weighted by molar-refractivity contribution is 0.601. The van der Waals surface area contributed by atoms with E-state index in [2.05, 4.69) is 81.4 Å². The van der Waals surface area contributed by atoms with Gasteiger partial charge in [-0.2, -0.15) is 0 Å². The zero-order valence-electron chi connectivity index (χ0n) is 14.3. The number of furan rings is 1. The average molecular weight is 312 g/mol. The molecule has 0 N–H and O–H groups in total. The Morgan fingerprint density at radius 3 is 1.79 bits per heavy atom. The van der Waals surface area contributed by atoms with Crippen LogP contribution in [0.3, 0.4) is 0 Å². The molecule has 24 heavy (non-hydrogen) atoms. The predicted molar refractivity (Wildman–Crippen MR) is 101 cm³/mol. The van der Waals surface area contributed by atoms with Crippen molar-refractivity contribution in [1.82, 2.24) is 0 Å². The molecule has 0 saturated carbocycles. The fraction of sp³-hybridized carbons (Fsp3) is 0.130. The molecule has 1 heteroatoms. The van der Waals surface area contributed by atoms with Crippen molar-refractivity contribution in [3.05, 3.63) is 83.4 Å². The smallest absolute Gasteiger partial charge is 0.143 e. The van der Waals surface area contributed by atoms with Gasteiger partial charge in [0, 0.05) is 21.9 Å². The van der Waals surface area contributed by atoms with Gasteiger partial charge in [0.1, 0.15) is 11.5 Å². The Labute approximate surface area is 142 Å². The Kier molecular flexibility index (Phi) is 3.50. The molecular weight excluding hydrogens is 292 g/mol. The molecule has 0 bridgehead atoms. The van der Waals surface area contributed by atoms with Gasteiger partial charge in [0.2, 0.25) is 0 Å². The summed E-state index contributed by atoms with van der Waals surface area (Å²) < 4.78 is 6.44. The molecule has 4 aromatic rings. The Bertz CT molecular complexity index is 1000. The quantitative estimate of drug-likeness (QED) is 0.402. The minimum absolute atomic E-state index is 0.945. The summed E-state index contributed by atoms with van der Waals surface area (Å²) in [6.07, 6.45) is 0. The summed E-state index contributed by atoms with van der Waals surface area (Å²) in [7, 11) is 0. The van der Waals surface area contributed by atoms with E-state index in [0.717, 1.165) is 22.5 Å². The number of aryl methyl sites for hydroxylation is 3. The van der Waals surface area contributed by atoms with Crippen molar-refractivity contribution in [1.29, 1.82) is 0 Å². The molecule has 0 unspecified atom stereocenters. The van der Waals surface area contributed by atoms with Crippen LogP contribution < -0.4 is 0 Å². The van der Waals surface area contributed by atoms with Gasteiger partial charge < -0.3 is 4.42 Å². The zero-order valence-corrected chi connectivity index (χ0v) is 14.3. The van der Waals surface area contributed by atoms with E-state index in [4.69, 9.17) is 4.42 Å². The summed E-state index contributed by atoms with van der Waals surface area (Å²) in [4.78, 5) is 0. The number of rotatable bonds is 2. The van der Waals surface area contributed by atoms with E-state index in [1.165, 1.54) is 27.6 Å². The average Bonchev–Trinajstić information content (AvgIpc) is 2.94. The summed E-state index contributed by atoms with van der Waals surface area (Å²) in [6.45, 7) is 6.46. The molecule has 0 fully saturated rings. The highest BCUT2D eigenvalue weighted by atomic mass is 16.3.